The molecule has 3 heterocycles. The van der Waals surface area contributed by atoms with E-state index in [-0.39, 0.29) is 17.4 Å². The molecule has 2 fully saturated rings. The summed E-state index contributed by atoms with van der Waals surface area (Å²) in [5, 5.41) is 0. The van der Waals surface area contributed by atoms with Gasteiger partial charge in [0, 0.05) is 51.0 Å². The van der Waals surface area contributed by atoms with Gasteiger partial charge in [0.1, 0.15) is 5.82 Å². The lowest BCUT2D eigenvalue weighted by atomic mass is 10.0. The molecule has 0 radical (unpaired) electrons. The summed E-state index contributed by atoms with van der Waals surface area (Å²) in [5.74, 6) is 1.18. The van der Waals surface area contributed by atoms with Crippen molar-refractivity contribution < 1.29 is 4.79 Å². The van der Waals surface area contributed by atoms with E-state index in [0.29, 0.717) is 19.0 Å². The number of carbonyl (C=O) groups excluding carboxylic acids is 1. The highest BCUT2D eigenvalue weighted by Gasteiger charge is 2.31. The molecular weight excluding hydrogens is 328 g/mol. The van der Waals surface area contributed by atoms with Gasteiger partial charge in [0.2, 0.25) is 5.91 Å². The maximum absolute atomic E-state index is 12.7. The van der Waals surface area contributed by atoms with Gasteiger partial charge in [-0.3, -0.25) is 14.5 Å². The van der Waals surface area contributed by atoms with E-state index in [1.165, 1.54) is 25.7 Å². The van der Waals surface area contributed by atoms with Gasteiger partial charge < -0.3 is 9.88 Å². The second kappa shape index (κ2) is 7.51. The number of hydrogen-bond donors (Lipinski definition) is 1. The number of H-pyrrole nitrogens is 1. The van der Waals surface area contributed by atoms with Crippen LogP contribution in [-0.2, 0) is 17.8 Å². The SMILES string of the molecule is CCCC(=O)N1CC[C@@H](c2nc3c(c(=O)[nH]2)CN(C2CCCC2)CC3)C1. The van der Waals surface area contributed by atoms with Crippen LogP contribution in [0.15, 0.2) is 4.79 Å². The van der Waals surface area contributed by atoms with Crippen LogP contribution in [0.4, 0.5) is 0 Å². The minimum Gasteiger partial charge on any atom is -0.342 e. The van der Waals surface area contributed by atoms with Gasteiger partial charge in [-0.25, -0.2) is 4.98 Å². The molecule has 1 saturated carbocycles. The van der Waals surface area contributed by atoms with Crippen LogP contribution in [0.3, 0.4) is 0 Å². The number of likely N-dealkylation sites (tertiary alicyclic amines) is 1. The summed E-state index contributed by atoms with van der Waals surface area (Å²) in [7, 11) is 0. The first kappa shape index (κ1) is 17.7. The minimum absolute atomic E-state index is 0.0334. The number of aromatic amines is 1. The second-order valence-electron chi connectivity index (χ2n) is 8.11. The highest BCUT2D eigenvalue weighted by molar-refractivity contribution is 5.76. The summed E-state index contributed by atoms with van der Waals surface area (Å²) in [6.45, 7) is 5.26. The molecule has 0 spiro atoms. The van der Waals surface area contributed by atoms with Crippen molar-refractivity contribution in [2.45, 2.75) is 76.8 Å². The van der Waals surface area contributed by atoms with E-state index in [1.54, 1.807) is 0 Å². The molecule has 1 atom stereocenters. The van der Waals surface area contributed by atoms with Gasteiger partial charge in [0.15, 0.2) is 0 Å². The number of fused-ring (bicyclic) bond motifs is 1. The molecule has 6 heteroatoms. The Labute approximate surface area is 155 Å². The van der Waals surface area contributed by atoms with E-state index in [9.17, 15) is 9.59 Å². The Bertz CT molecular complexity index is 723. The van der Waals surface area contributed by atoms with Crippen LogP contribution < -0.4 is 5.56 Å². The summed E-state index contributed by atoms with van der Waals surface area (Å²) in [4.78, 5) is 37.1. The lowest BCUT2D eigenvalue weighted by Crippen LogP contribution is -2.41. The fourth-order valence-electron chi connectivity index (χ4n) is 4.82. The van der Waals surface area contributed by atoms with Crippen molar-refractivity contribution in [2.75, 3.05) is 19.6 Å². The molecule has 0 aromatic carbocycles. The quantitative estimate of drug-likeness (QED) is 0.896. The van der Waals surface area contributed by atoms with E-state index < -0.39 is 0 Å². The van der Waals surface area contributed by atoms with Crippen LogP contribution in [0.25, 0.3) is 0 Å². The fraction of sp³-hybridized carbons (Fsp3) is 0.750. The van der Waals surface area contributed by atoms with E-state index in [4.69, 9.17) is 4.98 Å². The zero-order valence-electron chi connectivity index (χ0n) is 15.8. The average molecular weight is 358 g/mol. The molecule has 26 heavy (non-hydrogen) atoms. The average Bonchev–Trinajstić information content (AvgIpc) is 3.34. The van der Waals surface area contributed by atoms with Crippen molar-refractivity contribution in [1.29, 1.82) is 0 Å². The molecule has 6 nitrogen and oxygen atoms in total. The Morgan fingerprint density at radius 2 is 2.04 bits per heavy atom. The third-order valence-corrected chi connectivity index (χ3v) is 6.35. The third kappa shape index (κ3) is 3.43. The summed E-state index contributed by atoms with van der Waals surface area (Å²) in [6, 6.07) is 0.648. The van der Waals surface area contributed by atoms with Crippen molar-refractivity contribution in [1.82, 2.24) is 19.8 Å². The van der Waals surface area contributed by atoms with Gasteiger partial charge in [-0.1, -0.05) is 19.8 Å². The molecule has 1 aromatic heterocycles. The molecule has 1 N–H and O–H groups in total. The molecule has 1 aliphatic carbocycles. The number of carbonyl (C=O) groups is 1. The maximum atomic E-state index is 12.7. The smallest absolute Gasteiger partial charge is 0.255 e. The Kier molecular flexibility index (Phi) is 5.11. The monoisotopic (exact) mass is 358 g/mol. The molecule has 4 rings (SSSR count). The molecule has 3 aliphatic rings. The first-order valence-corrected chi connectivity index (χ1v) is 10.3. The van der Waals surface area contributed by atoms with Gasteiger partial charge in [0.25, 0.3) is 5.56 Å². The van der Waals surface area contributed by atoms with Crippen LogP contribution in [0.1, 0.15) is 74.9 Å². The normalized spacial score (nSPS) is 24.2. The maximum Gasteiger partial charge on any atom is 0.255 e. The van der Waals surface area contributed by atoms with Crippen molar-refractivity contribution in [2.24, 2.45) is 0 Å². The Hall–Kier alpha value is -1.69. The number of hydrogen-bond acceptors (Lipinski definition) is 4. The topological polar surface area (TPSA) is 69.3 Å². The third-order valence-electron chi connectivity index (χ3n) is 6.35. The van der Waals surface area contributed by atoms with Crippen molar-refractivity contribution in [3.05, 3.63) is 27.4 Å². The van der Waals surface area contributed by atoms with Crippen LogP contribution >= 0.6 is 0 Å². The molecule has 0 bridgehead atoms. The Balaban J connectivity index is 1.48. The zero-order chi connectivity index (χ0) is 18.1. The van der Waals surface area contributed by atoms with Crippen LogP contribution in [0.5, 0.6) is 0 Å². The number of aromatic nitrogens is 2. The lowest BCUT2D eigenvalue weighted by molar-refractivity contribution is -0.130. The van der Waals surface area contributed by atoms with Gasteiger partial charge >= 0.3 is 0 Å². The largest absolute Gasteiger partial charge is 0.342 e. The minimum atomic E-state index is 0.0334. The summed E-state index contributed by atoms with van der Waals surface area (Å²) in [6.07, 6.45) is 8.42. The summed E-state index contributed by atoms with van der Waals surface area (Å²) in [5.41, 5.74) is 1.88. The molecule has 0 unspecified atom stereocenters. The Morgan fingerprint density at radius 3 is 2.81 bits per heavy atom. The van der Waals surface area contributed by atoms with Crippen molar-refractivity contribution in [3.63, 3.8) is 0 Å². The van der Waals surface area contributed by atoms with E-state index in [1.807, 2.05) is 11.8 Å². The first-order valence-electron chi connectivity index (χ1n) is 10.3. The van der Waals surface area contributed by atoms with E-state index in [2.05, 4.69) is 9.88 Å². The van der Waals surface area contributed by atoms with E-state index >= 15 is 0 Å². The predicted octanol–water partition coefficient (Wildman–Crippen LogP) is 2.19. The predicted molar refractivity (Wildman–Crippen MR) is 100 cm³/mol. The molecule has 142 valence electrons. The second-order valence-corrected chi connectivity index (χ2v) is 8.11. The lowest BCUT2D eigenvalue weighted by Gasteiger charge is -2.32. The zero-order valence-corrected chi connectivity index (χ0v) is 15.8. The van der Waals surface area contributed by atoms with Gasteiger partial charge in [-0.2, -0.15) is 0 Å². The summed E-state index contributed by atoms with van der Waals surface area (Å²) < 4.78 is 0. The van der Waals surface area contributed by atoms with E-state index in [0.717, 1.165) is 56.0 Å². The van der Waals surface area contributed by atoms with Crippen LogP contribution in [0.2, 0.25) is 0 Å². The molecule has 1 saturated heterocycles. The van der Waals surface area contributed by atoms with Crippen LogP contribution in [-0.4, -0.2) is 51.4 Å². The standard InChI is InChI=1S/C20H30N4O2/c1-2-5-18(25)24-10-8-14(12-24)19-21-17-9-11-23(15-6-3-4-7-15)13-16(17)20(26)22-19/h14-15H,2-13H2,1H3,(H,21,22,26)/t14-/m1/s1. The Morgan fingerprint density at radius 1 is 1.23 bits per heavy atom. The molecule has 2 aliphatic heterocycles. The summed E-state index contributed by atoms with van der Waals surface area (Å²) >= 11 is 0. The van der Waals surface area contributed by atoms with Gasteiger partial charge in [0.05, 0.1) is 11.3 Å². The fourth-order valence-corrected chi connectivity index (χ4v) is 4.82. The molecular formula is C20H30N4O2. The first-order chi connectivity index (χ1) is 12.7. The molecule has 1 aromatic rings. The van der Waals surface area contributed by atoms with Gasteiger partial charge in [-0.15, -0.1) is 0 Å². The van der Waals surface area contributed by atoms with Crippen molar-refractivity contribution >= 4 is 5.91 Å². The molecule has 1 amide bonds. The van der Waals surface area contributed by atoms with Gasteiger partial charge in [-0.05, 0) is 25.7 Å². The number of nitrogens with zero attached hydrogens (tertiary/aromatic N) is 3. The number of rotatable bonds is 4. The van der Waals surface area contributed by atoms with Crippen molar-refractivity contribution in [3.8, 4) is 0 Å². The highest BCUT2D eigenvalue weighted by atomic mass is 16.2. The number of amides is 1. The highest BCUT2D eigenvalue weighted by Crippen LogP contribution is 2.29. The van der Waals surface area contributed by atoms with Crippen LogP contribution in [0, 0.1) is 0 Å². The number of nitrogens with one attached hydrogen (secondary N) is 1.